The van der Waals surface area contributed by atoms with E-state index in [1.54, 1.807) is 0 Å². The standard InChI is InChI=1S/C15H16N2O4S/c18-13(16-6-5-10(7-16)15(20)21)8-17-11-3-1-2-4-12(11)22-9-14(17)19/h1-4,10H,5-9H2,(H,20,21)/t10-/m0/s1. The third-order valence-corrected chi connectivity index (χ3v) is 5.04. The molecule has 2 heterocycles. The zero-order valence-corrected chi connectivity index (χ0v) is 12.7. The number of carbonyl (C=O) groups excluding carboxylic acids is 2. The first-order chi connectivity index (χ1) is 10.6. The lowest BCUT2D eigenvalue weighted by atomic mass is 10.1. The molecule has 2 aliphatic rings. The molecule has 116 valence electrons. The van der Waals surface area contributed by atoms with Gasteiger partial charge in [-0.1, -0.05) is 12.1 Å². The molecule has 1 aromatic rings. The van der Waals surface area contributed by atoms with Gasteiger partial charge in [-0.25, -0.2) is 0 Å². The van der Waals surface area contributed by atoms with E-state index in [2.05, 4.69) is 0 Å². The Balaban J connectivity index is 1.72. The molecule has 0 radical (unpaired) electrons. The second-order valence-corrected chi connectivity index (χ2v) is 6.42. The fourth-order valence-corrected chi connectivity index (χ4v) is 3.69. The van der Waals surface area contributed by atoms with Gasteiger partial charge in [0.1, 0.15) is 6.54 Å². The lowest BCUT2D eigenvalue weighted by molar-refractivity contribution is -0.141. The highest BCUT2D eigenvalue weighted by Crippen LogP contribution is 2.34. The van der Waals surface area contributed by atoms with E-state index < -0.39 is 11.9 Å². The van der Waals surface area contributed by atoms with Crippen LogP contribution in [-0.4, -0.2) is 53.2 Å². The summed E-state index contributed by atoms with van der Waals surface area (Å²) in [5.74, 6) is -1.33. The van der Waals surface area contributed by atoms with Crippen molar-refractivity contribution in [2.45, 2.75) is 11.3 Å². The highest BCUT2D eigenvalue weighted by Gasteiger charge is 2.33. The Bertz CT molecular complexity index is 634. The number of carboxylic acid groups (broad SMARTS) is 1. The Labute approximate surface area is 132 Å². The minimum atomic E-state index is -0.869. The molecule has 1 atom stereocenters. The first-order valence-corrected chi connectivity index (χ1v) is 8.07. The number of carboxylic acids is 1. The number of hydrogen-bond acceptors (Lipinski definition) is 4. The van der Waals surface area contributed by atoms with Crippen molar-refractivity contribution in [2.24, 2.45) is 5.92 Å². The highest BCUT2D eigenvalue weighted by molar-refractivity contribution is 8.00. The van der Waals surface area contributed by atoms with E-state index >= 15 is 0 Å². The van der Waals surface area contributed by atoms with Gasteiger partial charge in [0.05, 0.1) is 17.4 Å². The lowest BCUT2D eigenvalue weighted by Gasteiger charge is -2.29. The van der Waals surface area contributed by atoms with E-state index in [0.29, 0.717) is 18.7 Å². The largest absolute Gasteiger partial charge is 0.481 e. The summed E-state index contributed by atoms with van der Waals surface area (Å²) in [5, 5.41) is 9.00. The van der Waals surface area contributed by atoms with Crippen molar-refractivity contribution in [1.82, 2.24) is 4.90 Å². The van der Waals surface area contributed by atoms with Gasteiger partial charge in [0.15, 0.2) is 0 Å². The molecule has 1 aromatic carbocycles. The number of carbonyl (C=O) groups is 3. The highest BCUT2D eigenvalue weighted by atomic mass is 32.2. The number of anilines is 1. The Morgan fingerprint density at radius 1 is 1.32 bits per heavy atom. The molecule has 6 nitrogen and oxygen atoms in total. The molecule has 1 N–H and O–H groups in total. The summed E-state index contributed by atoms with van der Waals surface area (Å²) in [6.45, 7) is 0.642. The van der Waals surface area contributed by atoms with Crippen LogP contribution in [0.15, 0.2) is 29.2 Å². The van der Waals surface area contributed by atoms with Crippen LogP contribution in [0.2, 0.25) is 0 Å². The molecule has 1 fully saturated rings. The normalized spacial score (nSPS) is 20.9. The lowest BCUT2D eigenvalue weighted by Crippen LogP contribution is -2.44. The zero-order chi connectivity index (χ0) is 15.7. The van der Waals surface area contributed by atoms with Gasteiger partial charge in [0.2, 0.25) is 11.8 Å². The van der Waals surface area contributed by atoms with E-state index in [0.717, 1.165) is 10.6 Å². The number of aliphatic carboxylic acids is 1. The molecule has 1 saturated heterocycles. The van der Waals surface area contributed by atoms with Crippen LogP contribution in [0.1, 0.15) is 6.42 Å². The van der Waals surface area contributed by atoms with Crippen LogP contribution in [0.4, 0.5) is 5.69 Å². The van der Waals surface area contributed by atoms with Crippen molar-refractivity contribution in [3.63, 3.8) is 0 Å². The molecular formula is C15H16N2O4S. The van der Waals surface area contributed by atoms with Gasteiger partial charge < -0.3 is 14.9 Å². The molecule has 0 aromatic heterocycles. The van der Waals surface area contributed by atoms with E-state index in [9.17, 15) is 14.4 Å². The number of para-hydroxylation sites is 1. The first kappa shape index (κ1) is 14.9. The molecule has 7 heteroatoms. The quantitative estimate of drug-likeness (QED) is 0.901. The van der Waals surface area contributed by atoms with Crippen molar-refractivity contribution < 1.29 is 19.5 Å². The van der Waals surface area contributed by atoms with Gasteiger partial charge in [-0.2, -0.15) is 0 Å². The maximum atomic E-state index is 12.4. The summed E-state index contributed by atoms with van der Waals surface area (Å²) in [7, 11) is 0. The minimum Gasteiger partial charge on any atom is -0.481 e. The molecule has 2 aliphatic heterocycles. The topological polar surface area (TPSA) is 77.9 Å². The number of fused-ring (bicyclic) bond motifs is 1. The van der Waals surface area contributed by atoms with Crippen LogP contribution >= 0.6 is 11.8 Å². The smallest absolute Gasteiger partial charge is 0.308 e. The second kappa shape index (κ2) is 6.00. The van der Waals surface area contributed by atoms with Crippen LogP contribution < -0.4 is 4.90 Å². The number of amides is 2. The van der Waals surface area contributed by atoms with E-state index in [1.807, 2.05) is 24.3 Å². The average molecular weight is 320 g/mol. The van der Waals surface area contributed by atoms with Crippen LogP contribution in [0, 0.1) is 5.92 Å². The van der Waals surface area contributed by atoms with Crippen LogP contribution in [0.5, 0.6) is 0 Å². The van der Waals surface area contributed by atoms with Crippen molar-refractivity contribution in [1.29, 1.82) is 0 Å². The Morgan fingerprint density at radius 3 is 2.82 bits per heavy atom. The van der Waals surface area contributed by atoms with Crippen LogP contribution in [0.3, 0.4) is 0 Å². The van der Waals surface area contributed by atoms with E-state index in [-0.39, 0.29) is 24.9 Å². The number of benzene rings is 1. The van der Waals surface area contributed by atoms with Crippen molar-refractivity contribution in [3.8, 4) is 0 Å². The fraction of sp³-hybridized carbons (Fsp3) is 0.400. The molecule has 0 aliphatic carbocycles. The maximum absolute atomic E-state index is 12.4. The summed E-state index contributed by atoms with van der Waals surface area (Å²) >= 11 is 1.47. The Morgan fingerprint density at radius 2 is 2.09 bits per heavy atom. The van der Waals surface area contributed by atoms with Crippen molar-refractivity contribution in [2.75, 3.05) is 30.3 Å². The monoisotopic (exact) mass is 320 g/mol. The van der Waals surface area contributed by atoms with Gasteiger partial charge in [0.25, 0.3) is 0 Å². The molecule has 22 heavy (non-hydrogen) atoms. The SMILES string of the molecule is O=C(O)[C@H]1CCN(C(=O)CN2C(=O)CSc3ccccc32)C1. The van der Waals surface area contributed by atoms with Gasteiger partial charge in [-0.15, -0.1) is 11.8 Å². The van der Waals surface area contributed by atoms with Gasteiger partial charge in [-0.05, 0) is 18.6 Å². The van der Waals surface area contributed by atoms with Gasteiger partial charge in [0, 0.05) is 18.0 Å². The van der Waals surface area contributed by atoms with Crippen molar-refractivity contribution in [3.05, 3.63) is 24.3 Å². The molecule has 0 unspecified atom stereocenters. The number of nitrogens with zero attached hydrogens (tertiary/aromatic N) is 2. The zero-order valence-electron chi connectivity index (χ0n) is 11.9. The summed E-state index contributed by atoms with van der Waals surface area (Å²) in [4.78, 5) is 39.5. The molecule has 0 bridgehead atoms. The summed E-state index contributed by atoms with van der Waals surface area (Å²) < 4.78 is 0. The fourth-order valence-electron chi connectivity index (χ4n) is 2.75. The predicted molar refractivity (Wildman–Crippen MR) is 81.8 cm³/mol. The molecule has 0 spiro atoms. The van der Waals surface area contributed by atoms with E-state index in [1.165, 1.54) is 21.6 Å². The molecule has 2 amide bonds. The number of likely N-dealkylation sites (tertiary alicyclic amines) is 1. The number of rotatable bonds is 3. The van der Waals surface area contributed by atoms with E-state index in [4.69, 9.17) is 5.11 Å². The number of thioether (sulfide) groups is 1. The van der Waals surface area contributed by atoms with Crippen LogP contribution in [0.25, 0.3) is 0 Å². The van der Waals surface area contributed by atoms with Gasteiger partial charge in [-0.3, -0.25) is 14.4 Å². The predicted octanol–water partition coefficient (Wildman–Crippen LogP) is 1.06. The average Bonchev–Trinajstić information content (AvgIpc) is 3.00. The third kappa shape index (κ3) is 2.81. The Kier molecular flexibility index (Phi) is 4.06. The van der Waals surface area contributed by atoms with Gasteiger partial charge >= 0.3 is 5.97 Å². The third-order valence-electron chi connectivity index (χ3n) is 3.99. The number of hydrogen-bond donors (Lipinski definition) is 1. The maximum Gasteiger partial charge on any atom is 0.308 e. The van der Waals surface area contributed by atoms with Crippen LogP contribution in [-0.2, 0) is 14.4 Å². The first-order valence-electron chi connectivity index (χ1n) is 7.09. The summed E-state index contributed by atoms with van der Waals surface area (Å²) in [6.07, 6.45) is 0.474. The second-order valence-electron chi connectivity index (χ2n) is 5.40. The minimum absolute atomic E-state index is 0.0251. The molecule has 3 rings (SSSR count). The Hall–Kier alpha value is -2.02. The molecule has 0 saturated carbocycles. The molecular weight excluding hydrogens is 304 g/mol. The summed E-state index contributed by atoms with van der Waals surface area (Å²) in [5.41, 5.74) is 0.756. The summed E-state index contributed by atoms with van der Waals surface area (Å²) in [6, 6.07) is 7.50. The van der Waals surface area contributed by atoms with Crippen molar-refractivity contribution >= 4 is 35.2 Å².